The van der Waals surface area contributed by atoms with Crippen molar-refractivity contribution in [1.29, 1.82) is 15.8 Å². The molecule has 0 unspecified atom stereocenters. The Balaban J connectivity index is 1.47. The van der Waals surface area contributed by atoms with Crippen LogP contribution in [0.15, 0.2) is 42.7 Å². The Morgan fingerprint density at radius 3 is 2.41 bits per heavy atom. The quantitative estimate of drug-likeness (QED) is 0.237. The van der Waals surface area contributed by atoms with E-state index >= 15 is 0 Å². The van der Waals surface area contributed by atoms with Gasteiger partial charge < -0.3 is 10.6 Å². The monoisotopic (exact) mass is 595 g/mol. The van der Waals surface area contributed by atoms with Crippen LogP contribution in [0.1, 0.15) is 72.7 Å². The first kappa shape index (κ1) is 28.9. The SMILES string of the molecule is Cc1c(C#N)cccc1[C@H](Nc1cc(C#N)cc2c(NCC(C)(C)C(F)(F)F)c(C#N)cnc12)c1cn(C23CC(C2)C3)nn1. The van der Waals surface area contributed by atoms with E-state index < -0.39 is 24.2 Å². The summed E-state index contributed by atoms with van der Waals surface area (Å²) in [4.78, 5) is 4.50. The summed E-state index contributed by atoms with van der Waals surface area (Å²) in [5, 5.41) is 45.1. The summed E-state index contributed by atoms with van der Waals surface area (Å²) in [5.74, 6) is 0.736. The minimum Gasteiger partial charge on any atom is -0.382 e. The lowest BCUT2D eigenvalue weighted by Crippen LogP contribution is -2.59. The number of hydrogen-bond donors (Lipinski definition) is 2. The standard InChI is InChI=1S/C32H28F3N9/c1-18-21(13-37)5-4-6-23(18)29(26-16-44(43-42-26)31-9-20(10-31)11-31)41-25-8-19(12-36)7-24-27(22(14-38)15-39-28(24)25)40-17-30(2,3)32(33,34)35/h4-8,15-16,20,29,41H,9-11,17H2,1-3H3,(H,39,40)/t20?,29-,31?/m0/s1. The summed E-state index contributed by atoms with van der Waals surface area (Å²) in [5.41, 5.74) is 1.68. The molecule has 3 fully saturated rings. The number of hydrogen-bond acceptors (Lipinski definition) is 8. The van der Waals surface area contributed by atoms with E-state index in [0.29, 0.717) is 27.8 Å². The van der Waals surface area contributed by atoms with Gasteiger partial charge in [-0.1, -0.05) is 17.3 Å². The van der Waals surface area contributed by atoms with Crippen LogP contribution in [0.5, 0.6) is 0 Å². The Hall–Kier alpha value is -5.15. The molecule has 7 rings (SSSR count). The first-order chi connectivity index (χ1) is 20.9. The van der Waals surface area contributed by atoms with Crippen LogP contribution < -0.4 is 10.6 Å². The number of nitrogens with zero attached hydrogens (tertiary/aromatic N) is 7. The largest absolute Gasteiger partial charge is 0.395 e. The number of alkyl halides is 3. The second kappa shape index (κ2) is 10.2. The molecule has 3 saturated carbocycles. The van der Waals surface area contributed by atoms with Crippen molar-refractivity contribution in [2.24, 2.45) is 11.3 Å². The molecule has 12 heteroatoms. The minimum atomic E-state index is -4.49. The number of anilines is 2. The van der Waals surface area contributed by atoms with Gasteiger partial charge in [-0.15, -0.1) is 5.10 Å². The fourth-order valence-corrected chi connectivity index (χ4v) is 6.07. The van der Waals surface area contributed by atoms with E-state index in [9.17, 15) is 29.0 Å². The first-order valence-corrected chi connectivity index (χ1v) is 14.2. The first-order valence-electron chi connectivity index (χ1n) is 14.2. The molecule has 3 aliphatic rings. The number of halogens is 3. The maximum Gasteiger partial charge on any atom is 0.395 e. The lowest BCUT2D eigenvalue weighted by Gasteiger charge is -2.61. The van der Waals surface area contributed by atoms with Crippen molar-refractivity contribution in [3.8, 4) is 18.2 Å². The molecule has 2 heterocycles. The molecule has 1 atom stereocenters. The molecule has 2 aromatic heterocycles. The number of nitrogens with one attached hydrogen (secondary N) is 2. The highest BCUT2D eigenvalue weighted by Gasteiger charge is 2.59. The van der Waals surface area contributed by atoms with E-state index in [1.807, 2.05) is 29.9 Å². The smallest absolute Gasteiger partial charge is 0.382 e. The Bertz CT molecular complexity index is 1900. The van der Waals surface area contributed by atoms with Crippen LogP contribution in [0.25, 0.3) is 10.9 Å². The van der Waals surface area contributed by atoms with Crippen molar-refractivity contribution < 1.29 is 13.2 Å². The zero-order chi connectivity index (χ0) is 31.4. The molecule has 2 N–H and O–H groups in total. The van der Waals surface area contributed by atoms with E-state index in [0.717, 1.165) is 50.2 Å². The van der Waals surface area contributed by atoms with E-state index in [2.05, 4.69) is 38.1 Å². The number of fused-ring (bicyclic) bond motifs is 1. The molecule has 4 aromatic rings. The third kappa shape index (κ3) is 4.66. The van der Waals surface area contributed by atoms with E-state index in [-0.39, 0.29) is 22.4 Å². The van der Waals surface area contributed by atoms with Crippen LogP contribution in [0, 0.1) is 52.2 Å². The molecule has 44 heavy (non-hydrogen) atoms. The number of nitriles is 3. The zero-order valence-electron chi connectivity index (χ0n) is 24.3. The highest BCUT2D eigenvalue weighted by molar-refractivity contribution is 6.01. The number of pyridine rings is 1. The summed E-state index contributed by atoms with van der Waals surface area (Å²) in [6, 6.07) is 14.2. The van der Waals surface area contributed by atoms with Crippen LogP contribution in [0.4, 0.5) is 24.5 Å². The molecule has 9 nitrogen and oxygen atoms in total. The highest BCUT2D eigenvalue weighted by Crippen LogP contribution is 2.62. The average Bonchev–Trinajstić information content (AvgIpc) is 3.41. The molecule has 0 spiro atoms. The summed E-state index contributed by atoms with van der Waals surface area (Å²) in [6.07, 6.45) is 1.93. The molecule has 0 amide bonds. The average molecular weight is 596 g/mol. The summed E-state index contributed by atoms with van der Waals surface area (Å²) < 4.78 is 42.9. The van der Waals surface area contributed by atoms with Gasteiger partial charge in [0.25, 0.3) is 0 Å². The molecule has 0 aliphatic heterocycles. The third-order valence-corrected chi connectivity index (χ3v) is 9.10. The minimum absolute atomic E-state index is 0.00253. The third-order valence-electron chi connectivity index (χ3n) is 9.10. The van der Waals surface area contributed by atoms with Crippen LogP contribution in [0.3, 0.4) is 0 Å². The van der Waals surface area contributed by atoms with Crippen molar-refractivity contribution in [2.75, 3.05) is 17.2 Å². The van der Waals surface area contributed by atoms with Gasteiger partial charge in [0.15, 0.2) is 0 Å². The molecule has 3 aliphatic carbocycles. The molecule has 2 aromatic carbocycles. The highest BCUT2D eigenvalue weighted by atomic mass is 19.4. The Labute approximate surface area is 251 Å². The van der Waals surface area contributed by atoms with Crippen LogP contribution in [-0.4, -0.2) is 32.7 Å². The molecular weight excluding hydrogens is 567 g/mol. The van der Waals surface area contributed by atoms with Gasteiger partial charge >= 0.3 is 6.18 Å². The number of benzene rings is 2. The molecular formula is C32H28F3N9. The van der Waals surface area contributed by atoms with Crippen molar-refractivity contribution in [3.63, 3.8) is 0 Å². The van der Waals surface area contributed by atoms with Crippen LogP contribution in [-0.2, 0) is 5.54 Å². The number of rotatable bonds is 8. The topological polar surface area (TPSA) is 139 Å². The van der Waals surface area contributed by atoms with Gasteiger partial charge in [0.05, 0.1) is 68.9 Å². The van der Waals surface area contributed by atoms with Gasteiger partial charge in [0, 0.05) is 18.1 Å². The molecule has 222 valence electrons. The Morgan fingerprint density at radius 2 is 1.80 bits per heavy atom. The van der Waals surface area contributed by atoms with Gasteiger partial charge in [0.1, 0.15) is 11.8 Å². The lowest BCUT2D eigenvalue weighted by molar-refractivity contribution is -0.206. The van der Waals surface area contributed by atoms with Gasteiger partial charge in [-0.3, -0.25) is 4.98 Å². The fourth-order valence-electron chi connectivity index (χ4n) is 6.07. The van der Waals surface area contributed by atoms with Gasteiger partial charge in [-0.05, 0) is 75.3 Å². The second-order valence-electron chi connectivity index (χ2n) is 12.4. The zero-order valence-corrected chi connectivity index (χ0v) is 24.3. The Morgan fingerprint density at radius 1 is 1.07 bits per heavy atom. The van der Waals surface area contributed by atoms with Crippen molar-refractivity contribution >= 4 is 22.3 Å². The van der Waals surface area contributed by atoms with Gasteiger partial charge in [0.2, 0.25) is 0 Å². The van der Waals surface area contributed by atoms with Crippen molar-refractivity contribution in [1.82, 2.24) is 20.0 Å². The van der Waals surface area contributed by atoms with Crippen LogP contribution >= 0.6 is 0 Å². The maximum atomic E-state index is 13.7. The normalized spacial score (nSPS) is 19.6. The predicted octanol–water partition coefficient (Wildman–Crippen LogP) is 6.46. The summed E-state index contributed by atoms with van der Waals surface area (Å²) in [7, 11) is 0. The molecule has 0 radical (unpaired) electrons. The van der Waals surface area contributed by atoms with Crippen molar-refractivity contribution in [3.05, 3.63) is 76.2 Å². The van der Waals surface area contributed by atoms with E-state index in [1.54, 1.807) is 18.2 Å². The van der Waals surface area contributed by atoms with Gasteiger partial charge in [-0.25, -0.2) is 4.68 Å². The Kier molecular flexibility index (Phi) is 6.74. The second-order valence-corrected chi connectivity index (χ2v) is 12.4. The lowest BCUT2D eigenvalue weighted by atomic mass is 9.50. The number of aromatic nitrogens is 4. The summed E-state index contributed by atoms with van der Waals surface area (Å²) in [6.45, 7) is 3.50. The van der Waals surface area contributed by atoms with E-state index in [4.69, 9.17) is 0 Å². The van der Waals surface area contributed by atoms with E-state index in [1.165, 1.54) is 12.3 Å². The van der Waals surface area contributed by atoms with Crippen molar-refractivity contribution in [2.45, 2.75) is 57.8 Å². The predicted molar refractivity (Wildman–Crippen MR) is 156 cm³/mol. The fraction of sp³-hybridized carbons (Fsp3) is 0.375. The van der Waals surface area contributed by atoms with Crippen LogP contribution in [0.2, 0.25) is 0 Å². The molecule has 0 saturated heterocycles. The van der Waals surface area contributed by atoms with Gasteiger partial charge in [-0.2, -0.15) is 29.0 Å². The maximum absolute atomic E-state index is 13.7. The molecule has 2 bridgehead atoms. The summed E-state index contributed by atoms with van der Waals surface area (Å²) >= 11 is 0.